The minimum absolute atomic E-state index is 0.0700. The molecule has 0 saturated heterocycles. The average Bonchev–Trinajstić information content (AvgIpc) is 2.28. The molecule has 0 atom stereocenters. The Bertz CT molecular complexity index is 581. The molecule has 17 heavy (non-hydrogen) atoms. The van der Waals surface area contributed by atoms with Crippen molar-refractivity contribution >= 4 is 28.5 Å². The van der Waals surface area contributed by atoms with Crippen molar-refractivity contribution in [2.45, 2.75) is 19.8 Å². The number of hydrogen-bond donors (Lipinski definition) is 1. The van der Waals surface area contributed by atoms with Gasteiger partial charge in [0.25, 0.3) is 0 Å². The molecule has 0 saturated carbocycles. The van der Waals surface area contributed by atoms with Crippen molar-refractivity contribution in [3.8, 4) is 0 Å². The molecule has 0 amide bonds. The Hall–Kier alpha value is -1.61. The minimum Gasteiger partial charge on any atom is -0.481 e. The van der Waals surface area contributed by atoms with Crippen LogP contribution in [0.4, 0.5) is 0 Å². The van der Waals surface area contributed by atoms with Gasteiger partial charge in [0.1, 0.15) is 0 Å². The molecule has 0 fully saturated rings. The van der Waals surface area contributed by atoms with E-state index in [4.69, 9.17) is 16.7 Å². The van der Waals surface area contributed by atoms with Crippen LogP contribution in [0.25, 0.3) is 10.9 Å². The van der Waals surface area contributed by atoms with Crippen LogP contribution in [-0.4, -0.2) is 16.1 Å². The molecule has 0 aliphatic carbocycles. The third-order valence-corrected chi connectivity index (χ3v) is 3.15. The zero-order chi connectivity index (χ0) is 12.4. The van der Waals surface area contributed by atoms with Crippen LogP contribution in [0.5, 0.6) is 0 Å². The van der Waals surface area contributed by atoms with Crippen LogP contribution in [-0.2, 0) is 11.2 Å². The molecule has 0 unspecified atom stereocenters. The number of fused-ring (bicyclic) bond motifs is 1. The molecule has 2 aromatic rings. The summed E-state index contributed by atoms with van der Waals surface area (Å²) in [6, 6.07) is 7.60. The SMILES string of the molecule is Cc1nc2ccccc2c(Cl)c1CCC(=O)O. The quantitative estimate of drug-likeness (QED) is 0.909. The predicted molar refractivity (Wildman–Crippen MR) is 67.4 cm³/mol. The number of rotatable bonds is 3. The number of carboxylic acid groups (broad SMARTS) is 1. The number of aryl methyl sites for hydroxylation is 1. The van der Waals surface area contributed by atoms with Crippen molar-refractivity contribution in [3.05, 3.63) is 40.5 Å². The highest BCUT2D eigenvalue weighted by Crippen LogP contribution is 2.28. The maximum absolute atomic E-state index is 10.6. The molecule has 1 aromatic heterocycles. The van der Waals surface area contributed by atoms with Crippen LogP contribution in [0.3, 0.4) is 0 Å². The molecule has 1 heterocycles. The molecule has 1 aromatic carbocycles. The number of benzene rings is 1. The highest BCUT2D eigenvalue weighted by atomic mass is 35.5. The van der Waals surface area contributed by atoms with Gasteiger partial charge in [-0.25, -0.2) is 0 Å². The molecular formula is C13H12ClNO2. The number of carbonyl (C=O) groups is 1. The van der Waals surface area contributed by atoms with Gasteiger partial charge in [-0.15, -0.1) is 0 Å². The first-order valence-electron chi connectivity index (χ1n) is 5.35. The molecule has 2 rings (SSSR count). The van der Waals surface area contributed by atoms with Gasteiger partial charge in [-0.2, -0.15) is 0 Å². The molecule has 0 spiro atoms. The zero-order valence-corrected chi connectivity index (χ0v) is 10.2. The third kappa shape index (κ3) is 2.39. The van der Waals surface area contributed by atoms with Gasteiger partial charge in [0.2, 0.25) is 0 Å². The van der Waals surface area contributed by atoms with E-state index in [1.54, 1.807) is 0 Å². The standard InChI is InChI=1S/C13H12ClNO2/c1-8-9(6-7-12(16)17)13(14)10-4-2-3-5-11(10)15-8/h2-5H,6-7H2,1H3,(H,16,17). The largest absolute Gasteiger partial charge is 0.481 e. The summed E-state index contributed by atoms with van der Waals surface area (Å²) >= 11 is 6.30. The van der Waals surface area contributed by atoms with Crippen molar-refractivity contribution < 1.29 is 9.90 Å². The van der Waals surface area contributed by atoms with Crippen LogP contribution < -0.4 is 0 Å². The second-order valence-electron chi connectivity index (χ2n) is 3.90. The highest BCUT2D eigenvalue weighted by Gasteiger charge is 2.11. The predicted octanol–water partition coefficient (Wildman–Crippen LogP) is 3.21. The average molecular weight is 250 g/mol. The molecule has 1 N–H and O–H groups in total. The van der Waals surface area contributed by atoms with Gasteiger partial charge in [-0.1, -0.05) is 29.8 Å². The Morgan fingerprint density at radius 1 is 1.41 bits per heavy atom. The number of halogens is 1. The minimum atomic E-state index is -0.825. The molecule has 0 aliphatic rings. The summed E-state index contributed by atoms with van der Waals surface area (Å²) in [4.78, 5) is 15.0. The molecule has 88 valence electrons. The topological polar surface area (TPSA) is 50.2 Å². The zero-order valence-electron chi connectivity index (χ0n) is 9.40. The fourth-order valence-electron chi connectivity index (χ4n) is 1.85. The van der Waals surface area contributed by atoms with Crippen molar-refractivity contribution in [2.24, 2.45) is 0 Å². The van der Waals surface area contributed by atoms with E-state index in [9.17, 15) is 4.79 Å². The van der Waals surface area contributed by atoms with E-state index in [1.165, 1.54) is 0 Å². The van der Waals surface area contributed by atoms with Gasteiger partial charge in [0, 0.05) is 17.5 Å². The number of para-hydroxylation sites is 1. The Morgan fingerprint density at radius 2 is 2.12 bits per heavy atom. The first-order valence-corrected chi connectivity index (χ1v) is 5.73. The third-order valence-electron chi connectivity index (χ3n) is 2.72. The van der Waals surface area contributed by atoms with Gasteiger partial charge in [0.15, 0.2) is 0 Å². The van der Waals surface area contributed by atoms with E-state index in [-0.39, 0.29) is 6.42 Å². The second-order valence-corrected chi connectivity index (χ2v) is 4.28. The van der Waals surface area contributed by atoms with E-state index >= 15 is 0 Å². The van der Waals surface area contributed by atoms with Crippen LogP contribution in [0, 0.1) is 6.92 Å². The monoisotopic (exact) mass is 249 g/mol. The Labute approximate surface area is 104 Å². The molecule has 0 aliphatic heterocycles. The number of hydrogen-bond acceptors (Lipinski definition) is 2. The highest BCUT2D eigenvalue weighted by molar-refractivity contribution is 6.36. The molecule has 0 radical (unpaired) electrons. The summed E-state index contributed by atoms with van der Waals surface area (Å²) in [6.07, 6.45) is 0.485. The number of aliphatic carboxylic acids is 1. The van der Waals surface area contributed by atoms with Crippen LogP contribution in [0.1, 0.15) is 17.7 Å². The van der Waals surface area contributed by atoms with Crippen molar-refractivity contribution in [1.82, 2.24) is 4.98 Å². The normalized spacial score (nSPS) is 10.7. The van der Waals surface area contributed by atoms with Crippen molar-refractivity contribution in [3.63, 3.8) is 0 Å². The summed E-state index contributed by atoms with van der Waals surface area (Å²) in [5.41, 5.74) is 2.47. The first kappa shape index (κ1) is 11.9. The van der Waals surface area contributed by atoms with Crippen molar-refractivity contribution in [2.75, 3.05) is 0 Å². The summed E-state index contributed by atoms with van der Waals surface area (Å²) < 4.78 is 0. The summed E-state index contributed by atoms with van der Waals surface area (Å²) in [5.74, 6) is -0.825. The molecule has 0 bridgehead atoms. The fourth-order valence-corrected chi connectivity index (χ4v) is 2.24. The van der Waals surface area contributed by atoms with E-state index in [1.807, 2.05) is 31.2 Å². The summed E-state index contributed by atoms with van der Waals surface area (Å²) in [7, 11) is 0. The number of pyridine rings is 1. The van der Waals surface area contributed by atoms with Crippen LogP contribution in [0.2, 0.25) is 5.02 Å². The van der Waals surface area contributed by atoms with E-state index in [0.29, 0.717) is 11.4 Å². The molecular weight excluding hydrogens is 238 g/mol. The lowest BCUT2D eigenvalue weighted by Gasteiger charge is -2.09. The van der Waals surface area contributed by atoms with Gasteiger partial charge in [-0.3, -0.25) is 9.78 Å². The van der Waals surface area contributed by atoms with Crippen molar-refractivity contribution in [1.29, 1.82) is 0 Å². The maximum atomic E-state index is 10.6. The van der Waals surface area contributed by atoms with E-state index in [0.717, 1.165) is 22.2 Å². The van der Waals surface area contributed by atoms with E-state index < -0.39 is 5.97 Å². The Kier molecular flexibility index (Phi) is 3.29. The smallest absolute Gasteiger partial charge is 0.303 e. The number of aromatic nitrogens is 1. The lowest BCUT2D eigenvalue weighted by molar-refractivity contribution is -0.136. The molecule has 4 heteroatoms. The maximum Gasteiger partial charge on any atom is 0.303 e. The Balaban J connectivity index is 2.51. The summed E-state index contributed by atoms with van der Waals surface area (Å²) in [6.45, 7) is 1.86. The second kappa shape index (κ2) is 4.72. The van der Waals surface area contributed by atoms with Crippen LogP contribution in [0.15, 0.2) is 24.3 Å². The number of nitrogens with zero attached hydrogens (tertiary/aromatic N) is 1. The van der Waals surface area contributed by atoms with Gasteiger partial charge in [0.05, 0.1) is 10.5 Å². The number of carboxylic acids is 1. The van der Waals surface area contributed by atoms with Crippen LogP contribution >= 0.6 is 11.6 Å². The first-order chi connectivity index (χ1) is 8.09. The summed E-state index contributed by atoms with van der Waals surface area (Å²) in [5, 5.41) is 10.2. The van der Waals surface area contributed by atoms with E-state index in [2.05, 4.69) is 4.98 Å². The molecule has 3 nitrogen and oxygen atoms in total. The Morgan fingerprint density at radius 3 is 2.82 bits per heavy atom. The fraction of sp³-hybridized carbons (Fsp3) is 0.231. The lowest BCUT2D eigenvalue weighted by Crippen LogP contribution is -2.01. The van der Waals surface area contributed by atoms with Gasteiger partial charge < -0.3 is 5.11 Å². The van der Waals surface area contributed by atoms with Gasteiger partial charge >= 0.3 is 5.97 Å². The van der Waals surface area contributed by atoms with Gasteiger partial charge in [-0.05, 0) is 25.0 Å². The lowest BCUT2D eigenvalue weighted by atomic mass is 10.1.